The Morgan fingerprint density at radius 1 is 1.29 bits per heavy atom. The molecule has 0 fully saturated rings. The number of para-hydroxylation sites is 1. The Morgan fingerprint density at radius 3 is 2.79 bits per heavy atom. The quantitative estimate of drug-likeness (QED) is 0.715. The maximum absolute atomic E-state index is 3.10. The highest BCUT2D eigenvalue weighted by molar-refractivity contribution is 5.81. The highest BCUT2D eigenvalue weighted by Crippen LogP contribution is 2.17. The number of hydrogen-bond donors (Lipinski definition) is 2. The van der Waals surface area contributed by atoms with Gasteiger partial charge in [0.1, 0.15) is 0 Å². The van der Waals surface area contributed by atoms with Gasteiger partial charge in [-0.15, -0.1) is 0 Å². The lowest BCUT2D eigenvalue weighted by atomic mass is 10.2. The van der Waals surface area contributed by atoms with Gasteiger partial charge in [-0.1, -0.05) is 18.2 Å². The molecule has 0 aliphatic rings. The van der Waals surface area contributed by atoms with E-state index >= 15 is 0 Å². The lowest BCUT2D eigenvalue weighted by Gasteiger charge is -2.04. The molecule has 3 nitrogen and oxygen atoms in total. The second-order valence-corrected chi connectivity index (χ2v) is 3.36. The SMILES string of the molecule is CNNCc1cc2ccccc2n1C. The monoisotopic (exact) mass is 189 g/mol. The fraction of sp³-hybridized carbons (Fsp3) is 0.273. The molecule has 1 aromatic heterocycles. The molecule has 0 unspecified atom stereocenters. The van der Waals surface area contributed by atoms with Crippen LogP contribution in [0.3, 0.4) is 0 Å². The zero-order chi connectivity index (χ0) is 9.97. The third kappa shape index (κ3) is 1.52. The van der Waals surface area contributed by atoms with Gasteiger partial charge in [0, 0.05) is 18.3 Å². The van der Waals surface area contributed by atoms with Crippen molar-refractivity contribution < 1.29 is 0 Å². The number of nitrogens with zero attached hydrogens (tertiary/aromatic N) is 1. The summed E-state index contributed by atoms with van der Waals surface area (Å²) in [6.45, 7) is 0.835. The number of aromatic nitrogens is 1. The summed E-state index contributed by atoms with van der Waals surface area (Å²) in [5.41, 5.74) is 8.58. The number of aryl methyl sites for hydroxylation is 1. The molecule has 0 aliphatic heterocycles. The molecule has 2 N–H and O–H groups in total. The molecule has 0 radical (unpaired) electrons. The third-order valence-corrected chi connectivity index (χ3v) is 2.50. The van der Waals surface area contributed by atoms with Gasteiger partial charge in [0.25, 0.3) is 0 Å². The maximum atomic E-state index is 3.10. The fourth-order valence-corrected chi connectivity index (χ4v) is 1.69. The van der Waals surface area contributed by atoms with Crippen LogP contribution in [0.1, 0.15) is 5.69 Å². The summed E-state index contributed by atoms with van der Waals surface area (Å²) in [4.78, 5) is 0. The first-order valence-electron chi connectivity index (χ1n) is 4.76. The van der Waals surface area contributed by atoms with E-state index in [0.717, 1.165) is 6.54 Å². The van der Waals surface area contributed by atoms with Crippen LogP contribution in [0.25, 0.3) is 10.9 Å². The Kier molecular flexibility index (Phi) is 2.52. The molecule has 0 saturated heterocycles. The lowest BCUT2D eigenvalue weighted by molar-refractivity contribution is 0.578. The molecule has 3 heteroatoms. The topological polar surface area (TPSA) is 29.0 Å². The average molecular weight is 189 g/mol. The smallest absolute Gasteiger partial charge is 0.0504 e. The van der Waals surface area contributed by atoms with Gasteiger partial charge in [-0.3, -0.25) is 10.9 Å². The van der Waals surface area contributed by atoms with Crippen LogP contribution in [0.4, 0.5) is 0 Å². The molecule has 74 valence electrons. The van der Waals surface area contributed by atoms with Crippen molar-refractivity contribution in [1.29, 1.82) is 0 Å². The van der Waals surface area contributed by atoms with Gasteiger partial charge >= 0.3 is 0 Å². The minimum absolute atomic E-state index is 0.835. The highest BCUT2D eigenvalue weighted by Gasteiger charge is 2.03. The Labute approximate surface area is 83.7 Å². The second-order valence-electron chi connectivity index (χ2n) is 3.36. The summed E-state index contributed by atoms with van der Waals surface area (Å²) in [5, 5.41) is 1.29. The van der Waals surface area contributed by atoms with E-state index in [0.29, 0.717) is 0 Å². The van der Waals surface area contributed by atoms with Crippen LogP contribution in [-0.4, -0.2) is 11.6 Å². The molecule has 0 saturated carbocycles. The zero-order valence-electron chi connectivity index (χ0n) is 8.54. The Balaban J connectivity index is 2.41. The van der Waals surface area contributed by atoms with Gasteiger partial charge < -0.3 is 4.57 Å². The molecule has 2 rings (SSSR count). The number of benzene rings is 1. The molecular weight excluding hydrogens is 174 g/mol. The van der Waals surface area contributed by atoms with Crippen molar-refractivity contribution >= 4 is 10.9 Å². The Bertz CT molecular complexity index is 431. The van der Waals surface area contributed by atoms with Crippen LogP contribution < -0.4 is 10.9 Å². The summed E-state index contributed by atoms with van der Waals surface area (Å²) in [6, 6.07) is 10.6. The molecule has 0 spiro atoms. The minimum Gasteiger partial charge on any atom is -0.346 e. The number of hydrogen-bond acceptors (Lipinski definition) is 2. The largest absolute Gasteiger partial charge is 0.346 e. The van der Waals surface area contributed by atoms with Crippen LogP contribution in [0, 0.1) is 0 Å². The summed E-state index contributed by atoms with van der Waals surface area (Å²) >= 11 is 0. The van der Waals surface area contributed by atoms with Crippen LogP contribution in [0.5, 0.6) is 0 Å². The third-order valence-electron chi connectivity index (χ3n) is 2.50. The van der Waals surface area contributed by atoms with Crippen molar-refractivity contribution in [3.8, 4) is 0 Å². The van der Waals surface area contributed by atoms with Crippen molar-refractivity contribution in [2.75, 3.05) is 7.05 Å². The Morgan fingerprint density at radius 2 is 2.07 bits per heavy atom. The van der Waals surface area contributed by atoms with Gasteiger partial charge in [-0.2, -0.15) is 0 Å². The molecule has 0 amide bonds. The normalized spacial score (nSPS) is 11.0. The number of nitrogens with one attached hydrogen (secondary N) is 2. The lowest BCUT2D eigenvalue weighted by Crippen LogP contribution is -2.27. The first-order valence-corrected chi connectivity index (χ1v) is 4.76. The predicted octanol–water partition coefficient (Wildman–Crippen LogP) is 1.40. The maximum Gasteiger partial charge on any atom is 0.0504 e. The molecule has 0 atom stereocenters. The fourth-order valence-electron chi connectivity index (χ4n) is 1.69. The first-order chi connectivity index (χ1) is 6.83. The van der Waals surface area contributed by atoms with Gasteiger partial charge in [0.15, 0.2) is 0 Å². The van der Waals surface area contributed by atoms with Crippen molar-refractivity contribution in [3.63, 3.8) is 0 Å². The van der Waals surface area contributed by atoms with Gasteiger partial charge in [-0.25, -0.2) is 0 Å². The van der Waals surface area contributed by atoms with E-state index in [1.807, 2.05) is 7.05 Å². The van der Waals surface area contributed by atoms with Crippen LogP contribution >= 0.6 is 0 Å². The van der Waals surface area contributed by atoms with E-state index in [1.54, 1.807) is 0 Å². The first kappa shape index (κ1) is 9.24. The van der Waals surface area contributed by atoms with E-state index < -0.39 is 0 Å². The molecule has 1 heterocycles. The summed E-state index contributed by atoms with van der Waals surface area (Å²) in [5.74, 6) is 0. The summed E-state index contributed by atoms with van der Waals surface area (Å²) in [6.07, 6.45) is 0. The molecule has 0 aliphatic carbocycles. The van der Waals surface area contributed by atoms with Crippen LogP contribution in [-0.2, 0) is 13.6 Å². The standard InChI is InChI=1S/C11H15N3/c1-12-13-8-10-7-9-5-3-4-6-11(9)14(10)2/h3-7,12-13H,8H2,1-2H3. The van der Waals surface area contributed by atoms with Crippen LogP contribution in [0.15, 0.2) is 30.3 Å². The predicted molar refractivity (Wildman–Crippen MR) is 58.8 cm³/mol. The van der Waals surface area contributed by atoms with Crippen molar-refractivity contribution in [3.05, 3.63) is 36.0 Å². The second kappa shape index (κ2) is 3.82. The van der Waals surface area contributed by atoms with E-state index in [-0.39, 0.29) is 0 Å². The van der Waals surface area contributed by atoms with Crippen molar-refractivity contribution in [2.45, 2.75) is 6.54 Å². The van der Waals surface area contributed by atoms with E-state index in [9.17, 15) is 0 Å². The van der Waals surface area contributed by atoms with Gasteiger partial charge in [-0.05, 0) is 24.6 Å². The summed E-state index contributed by atoms with van der Waals surface area (Å²) < 4.78 is 2.21. The van der Waals surface area contributed by atoms with Crippen molar-refractivity contribution in [2.24, 2.45) is 7.05 Å². The summed E-state index contributed by atoms with van der Waals surface area (Å²) in [7, 11) is 3.97. The van der Waals surface area contributed by atoms with Gasteiger partial charge in [0.05, 0.1) is 6.54 Å². The van der Waals surface area contributed by atoms with E-state index in [2.05, 4.69) is 52.8 Å². The molecule has 0 bridgehead atoms. The Hall–Kier alpha value is -1.32. The average Bonchev–Trinajstić information content (AvgIpc) is 2.54. The molecule has 1 aromatic carbocycles. The molecular formula is C11H15N3. The van der Waals surface area contributed by atoms with Gasteiger partial charge in [0.2, 0.25) is 0 Å². The van der Waals surface area contributed by atoms with E-state index in [4.69, 9.17) is 0 Å². The number of hydrazine groups is 1. The highest BCUT2D eigenvalue weighted by atomic mass is 15.3. The number of fused-ring (bicyclic) bond motifs is 1. The number of rotatable bonds is 3. The van der Waals surface area contributed by atoms with Crippen molar-refractivity contribution in [1.82, 2.24) is 15.4 Å². The minimum atomic E-state index is 0.835. The van der Waals surface area contributed by atoms with Crippen LogP contribution in [0.2, 0.25) is 0 Å². The molecule has 14 heavy (non-hydrogen) atoms. The van der Waals surface area contributed by atoms with E-state index in [1.165, 1.54) is 16.6 Å². The molecule has 2 aromatic rings. The zero-order valence-corrected chi connectivity index (χ0v) is 8.54.